The maximum atomic E-state index is 13.8. The van der Waals surface area contributed by atoms with E-state index in [2.05, 4.69) is 5.32 Å². The summed E-state index contributed by atoms with van der Waals surface area (Å²) in [6, 6.07) is 7.26. The molecular formula is C17H15ClF2N2O2. The zero-order valence-corrected chi connectivity index (χ0v) is 13.6. The molecule has 0 spiro atoms. The van der Waals surface area contributed by atoms with Crippen molar-refractivity contribution in [2.45, 2.75) is 19.4 Å². The number of carbonyl (C=O) groups excluding carboxylic acids is 1. The Morgan fingerprint density at radius 2 is 2.12 bits per heavy atom. The van der Waals surface area contributed by atoms with Crippen LogP contribution in [0.5, 0.6) is 5.75 Å². The number of anilines is 2. The third-order valence-electron chi connectivity index (χ3n) is 3.76. The van der Waals surface area contributed by atoms with E-state index in [1.807, 2.05) is 6.92 Å². The monoisotopic (exact) mass is 352 g/mol. The molecule has 0 radical (unpaired) electrons. The van der Waals surface area contributed by atoms with Crippen LogP contribution in [0.15, 0.2) is 36.4 Å². The van der Waals surface area contributed by atoms with E-state index in [9.17, 15) is 13.6 Å². The van der Waals surface area contributed by atoms with Crippen molar-refractivity contribution < 1.29 is 18.3 Å². The Morgan fingerprint density at radius 1 is 1.33 bits per heavy atom. The van der Waals surface area contributed by atoms with Crippen molar-refractivity contribution in [1.29, 1.82) is 0 Å². The molecule has 2 aromatic rings. The number of halogens is 3. The summed E-state index contributed by atoms with van der Waals surface area (Å²) in [5.74, 6) is -0.827. The number of hydrogen-bond donors (Lipinski definition) is 1. The Morgan fingerprint density at radius 3 is 2.88 bits per heavy atom. The van der Waals surface area contributed by atoms with Crippen molar-refractivity contribution in [2.24, 2.45) is 0 Å². The predicted octanol–water partition coefficient (Wildman–Crippen LogP) is 4.83. The van der Waals surface area contributed by atoms with Gasteiger partial charge in [0.25, 0.3) is 0 Å². The van der Waals surface area contributed by atoms with E-state index in [1.54, 1.807) is 18.2 Å². The van der Waals surface area contributed by atoms with E-state index in [0.29, 0.717) is 22.9 Å². The quantitative estimate of drug-likeness (QED) is 0.841. The molecule has 0 bridgehead atoms. The smallest absolute Gasteiger partial charge is 0.326 e. The average Bonchev–Trinajstić information content (AvgIpc) is 2.57. The number of hydrogen-bond acceptors (Lipinski definition) is 2. The van der Waals surface area contributed by atoms with Crippen LogP contribution in [0.3, 0.4) is 0 Å². The van der Waals surface area contributed by atoms with Gasteiger partial charge in [0, 0.05) is 11.1 Å². The van der Waals surface area contributed by atoms with Gasteiger partial charge in [0.1, 0.15) is 23.5 Å². The second-order valence-corrected chi connectivity index (χ2v) is 5.86. The lowest BCUT2D eigenvalue weighted by molar-refractivity contribution is 0.188. The number of ether oxygens (including phenoxy) is 1. The van der Waals surface area contributed by atoms with Gasteiger partial charge in [-0.2, -0.15) is 0 Å². The molecule has 1 N–H and O–H groups in total. The average molecular weight is 353 g/mol. The Kier molecular flexibility index (Phi) is 4.57. The van der Waals surface area contributed by atoms with Gasteiger partial charge in [0.2, 0.25) is 0 Å². The van der Waals surface area contributed by atoms with E-state index in [4.69, 9.17) is 16.3 Å². The molecule has 1 atom stereocenters. The highest BCUT2D eigenvalue weighted by molar-refractivity contribution is 6.31. The molecule has 0 saturated heterocycles. The Bertz CT molecular complexity index is 785. The zero-order chi connectivity index (χ0) is 17.3. The Labute approximate surface area is 143 Å². The number of urea groups is 1. The van der Waals surface area contributed by atoms with Crippen LogP contribution in [0.1, 0.15) is 13.3 Å². The fraction of sp³-hybridized carbons (Fsp3) is 0.235. The van der Waals surface area contributed by atoms with Crippen molar-refractivity contribution in [1.82, 2.24) is 0 Å². The summed E-state index contributed by atoms with van der Waals surface area (Å²) in [4.78, 5) is 14.0. The minimum Gasteiger partial charge on any atom is -0.486 e. The third kappa shape index (κ3) is 3.28. The lowest BCUT2D eigenvalue weighted by Crippen LogP contribution is -2.45. The standard InChI is InChI=1S/C17H15ClF2N2O2/c1-2-12-9-22(15-7-10(18)3-6-16(15)24-12)17(23)21-14-8-11(19)4-5-13(14)20/h3-8,12H,2,9H2,1H3,(H,21,23)/t12-/m1/s1. The summed E-state index contributed by atoms with van der Waals surface area (Å²) in [5.41, 5.74) is 0.268. The molecule has 0 saturated carbocycles. The van der Waals surface area contributed by atoms with Crippen LogP contribution in [0, 0.1) is 11.6 Å². The number of amides is 2. The topological polar surface area (TPSA) is 41.6 Å². The Balaban J connectivity index is 1.91. The number of rotatable bonds is 2. The van der Waals surface area contributed by atoms with Crippen molar-refractivity contribution in [3.05, 3.63) is 53.1 Å². The molecule has 0 aliphatic carbocycles. The second-order valence-electron chi connectivity index (χ2n) is 5.43. The third-order valence-corrected chi connectivity index (χ3v) is 4.00. The van der Waals surface area contributed by atoms with Gasteiger partial charge in [-0.05, 0) is 36.8 Å². The van der Waals surface area contributed by atoms with Crippen LogP contribution in [0.25, 0.3) is 0 Å². The SMILES string of the molecule is CC[C@@H]1CN(C(=O)Nc2cc(F)ccc2F)c2cc(Cl)ccc2O1. The maximum Gasteiger partial charge on any atom is 0.326 e. The molecule has 7 heteroatoms. The fourth-order valence-corrected chi connectivity index (χ4v) is 2.67. The van der Waals surface area contributed by atoms with E-state index in [0.717, 1.165) is 18.2 Å². The van der Waals surface area contributed by atoms with Crippen molar-refractivity contribution >= 4 is 29.0 Å². The lowest BCUT2D eigenvalue weighted by Gasteiger charge is -2.34. The van der Waals surface area contributed by atoms with Gasteiger partial charge in [0.05, 0.1) is 17.9 Å². The first-order chi connectivity index (χ1) is 11.5. The van der Waals surface area contributed by atoms with Crippen molar-refractivity contribution in [3.63, 3.8) is 0 Å². The largest absolute Gasteiger partial charge is 0.486 e. The Hall–Kier alpha value is -2.34. The number of nitrogens with one attached hydrogen (secondary N) is 1. The highest BCUT2D eigenvalue weighted by atomic mass is 35.5. The van der Waals surface area contributed by atoms with Crippen LogP contribution < -0.4 is 15.0 Å². The zero-order valence-electron chi connectivity index (χ0n) is 12.9. The first-order valence-corrected chi connectivity index (χ1v) is 7.85. The van der Waals surface area contributed by atoms with E-state index in [-0.39, 0.29) is 18.3 Å². The molecule has 4 nitrogen and oxygen atoms in total. The van der Waals surface area contributed by atoms with Gasteiger partial charge in [-0.25, -0.2) is 13.6 Å². The van der Waals surface area contributed by atoms with Gasteiger partial charge < -0.3 is 10.1 Å². The predicted molar refractivity (Wildman–Crippen MR) is 88.9 cm³/mol. The molecule has 2 aromatic carbocycles. The first-order valence-electron chi connectivity index (χ1n) is 7.47. The second kappa shape index (κ2) is 6.65. The molecule has 1 aliphatic heterocycles. The van der Waals surface area contributed by atoms with Gasteiger partial charge in [-0.3, -0.25) is 4.90 Å². The van der Waals surface area contributed by atoms with Crippen LogP contribution in [0.4, 0.5) is 25.0 Å². The summed E-state index contributed by atoms with van der Waals surface area (Å²) in [6.45, 7) is 2.22. The highest BCUT2D eigenvalue weighted by Crippen LogP contribution is 2.36. The van der Waals surface area contributed by atoms with Crippen LogP contribution in [-0.2, 0) is 0 Å². The van der Waals surface area contributed by atoms with Gasteiger partial charge in [-0.1, -0.05) is 18.5 Å². The summed E-state index contributed by atoms with van der Waals surface area (Å²) in [6.07, 6.45) is 0.502. The molecule has 0 aromatic heterocycles. The molecule has 3 rings (SSSR count). The minimum absolute atomic E-state index is 0.193. The number of nitrogens with zero attached hydrogens (tertiary/aromatic N) is 1. The molecule has 126 valence electrons. The summed E-state index contributed by atoms with van der Waals surface area (Å²) in [7, 11) is 0. The highest BCUT2D eigenvalue weighted by Gasteiger charge is 2.29. The van der Waals surface area contributed by atoms with Crippen molar-refractivity contribution in [2.75, 3.05) is 16.8 Å². The maximum absolute atomic E-state index is 13.8. The van der Waals surface area contributed by atoms with Crippen molar-refractivity contribution in [3.8, 4) is 5.75 Å². The van der Waals surface area contributed by atoms with Crippen LogP contribution in [-0.4, -0.2) is 18.7 Å². The molecular weight excluding hydrogens is 338 g/mol. The normalized spacial score (nSPS) is 16.3. The summed E-state index contributed by atoms with van der Waals surface area (Å²) >= 11 is 6.00. The number of benzene rings is 2. The van der Waals surface area contributed by atoms with Gasteiger partial charge in [0.15, 0.2) is 0 Å². The molecule has 0 fully saturated rings. The van der Waals surface area contributed by atoms with Crippen LogP contribution >= 0.6 is 11.6 Å². The van der Waals surface area contributed by atoms with Gasteiger partial charge >= 0.3 is 6.03 Å². The minimum atomic E-state index is -0.712. The first kappa shape index (κ1) is 16.5. The van der Waals surface area contributed by atoms with E-state index < -0.39 is 17.7 Å². The summed E-state index contributed by atoms with van der Waals surface area (Å²) in [5, 5.41) is 2.85. The summed E-state index contributed by atoms with van der Waals surface area (Å²) < 4.78 is 32.8. The number of fused-ring (bicyclic) bond motifs is 1. The van der Waals surface area contributed by atoms with E-state index >= 15 is 0 Å². The van der Waals surface area contributed by atoms with Gasteiger partial charge in [-0.15, -0.1) is 0 Å². The van der Waals surface area contributed by atoms with E-state index in [1.165, 1.54) is 4.90 Å². The fourth-order valence-electron chi connectivity index (χ4n) is 2.50. The molecule has 1 heterocycles. The molecule has 1 aliphatic rings. The molecule has 24 heavy (non-hydrogen) atoms. The molecule has 0 unspecified atom stereocenters. The molecule has 2 amide bonds. The number of carbonyl (C=O) groups is 1. The lowest BCUT2D eigenvalue weighted by atomic mass is 10.1. The van der Waals surface area contributed by atoms with Crippen LogP contribution in [0.2, 0.25) is 5.02 Å².